The third-order valence-electron chi connectivity index (χ3n) is 6.11. The number of benzene rings is 3. The molecule has 8 heteroatoms. The topological polar surface area (TPSA) is 94.9 Å². The number of hydrogen-bond donors (Lipinski definition) is 0. The lowest BCUT2D eigenvalue weighted by Gasteiger charge is -2.48. The minimum Gasteiger partial charge on any atom is -0.370 e. The molecule has 3 aromatic carbocycles. The maximum atomic E-state index is 9.38. The molecule has 0 N–H and O–H groups in total. The van der Waals surface area contributed by atoms with Crippen molar-refractivity contribution in [1.82, 2.24) is 0 Å². The minimum absolute atomic E-state index is 0.295. The molecule has 0 amide bonds. The van der Waals surface area contributed by atoms with Gasteiger partial charge in [-0.15, -0.1) is 0 Å². The number of fused-ring (bicyclic) bond motifs is 1. The smallest absolute Gasteiger partial charge is 0.184 e. The lowest BCUT2D eigenvalue weighted by Crippen LogP contribution is -2.62. The Labute approximate surface area is 204 Å². The van der Waals surface area contributed by atoms with E-state index >= 15 is 0 Å². The molecule has 0 aromatic heterocycles. The van der Waals surface area contributed by atoms with Gasteiger partial charge in [-0.3, -0.25) is 0 Å². The van der Waals surface area contributed by atoms with Crippen molar-refractivity contribution in [3.8, 4) is 0 Å². The van der Waals surface area contributed by atoms with Crippen LogP contribution in [-0.4, -0.2) is 37.3 Å². The Morgan fingerprint density at radius 2 is 1.40 bits per heavy atom. The summed E-state index contributed by atoms with van der Waals surface area (Å²) in [5.41, 5.74) is 12.3. The van der Waals surface area contributed by atoms with Crippen molar-refractivity contribution >= 4 is 0 Å². The lowest BCUT2D eigenvalue weighted by molar-refractivity contribution is -0.348. The summed E-state index contributed by atoms with van der Waals surface area (Å²) >= 11 is 0. The first-order chi connectivity index (χ1) is 17.3. The fourth-order valence-corrected chi connectivity index (χ4v) is 4.37. The van der Waals surface area contributed by atoms with Crippen LogP contribution in [0.15, 0.2) is 96.1 Å². The van der Waals surface area contributed by atoms with Crippen LogP contribution in [0.3, 0.4) is 0 Å². The minimum atomic E-state index is -0.811. The van der Waals surface area contributed by atoms with Crippen LogP contribution in [-0.2, 0) is 36.9 Å². The van der Waals surface area contributed by atoms with Crippen molar-refractivity contribution in [2.75, 3.05) is 6.61 Å². The number of nitrogens with zero attached hydrogens (tertiary/aromatic N) is 3. The van der Waals surface area contributed by atoms with E-state index in [1.165, 1.54) is 0 Å². The summed E-state index contributed by atoms with van der Waals surface area (Å²) in [4.78, 5) is 3.08. The Balaban J connectivity index is 1.39. The third kappa shape index (κ3) is 5.71. The van der Waals surface area contributed by atoms with Crippen molar-refractivity contribution in [1.29, 1.82) is 0 Å². The predicted octanol–water partition coefficient (Wildman–Crippen LogP) is 5.31. The van der Waals surface area contributed by atoms with Crippen molar-refractivity contribution in [3.05, 3.63) is 118 Å². The summed E-state index contributed by atoms with van der Waals surface area (Å²) in [6.07, 6.45) is -2.93. The molecule has 3 aromatic rings. The molecule has 0 bridgehead atoms. The van der Waals surface area contributed by atoms with Gasteiger partial charge in [0.2, 0.25) is 0 Å². The van der Waals surface area contributed by atoms with E-state index in [4.69, 9.17) is 23.7 Å². The summed E-state index contributed by atoms with van der Waals surface area (Å²) in [6.45, 7) is 0.932. The van der Waals surface area contributed by atoms with Crippen molar-refractivity contribution < 1.29 is 23.7 Å². The monoisotopic (exact) mass is 473 g/mol. The zero-order valence-electron chi connectivity index (χ0n) is 19.1. The number of hydrogen-bond acceptors (Lipinski definition) is 6. The van der Waals surface area contributed by atoms with Crippen LogP contribution in [0.1, 0.15) is 23.0 Å². The molecule has 2 aliphatic rings. The van der Waals surface area contributed by atoms with Crippen LogP contribution in [0.2, 0.25) is 0 Å². The molecule has 0 radical (unpaired) electrons. The van der Waals surface area contributed by atoms with E-state index in [1.54, 1.807) is 0 Å². The molecule has 2 heterocycles. The summed E-state index contributed by atoms with van der Waals surface area (Å²) in [7, 11) is 0. The Bertz CT molecular complexity index is 1110. The Hall–Kier alpha value is -3.23. The second kappa shape index (κ2) is 11.5. The number of rotatable bonds is 8. The van der Waals surface area contributed by atoms with Gasteiger partial charge in [-0.25, -0.2) is 0 Å². The molecule has 2 aliphatic heterocycles. The molecule has 0 spiro atoms. The van der Waals surface area contributed by atoms with Crippen LogP contribution < -0.4 is 0 Å². The highest BCUT2D eigenvalue weighted by Crippen LogP contribution is 2.37. The average Bonchev–Trinajstić information content (AvgIpc) is 2.93. The van der Waals surface area contributed by atoms with Gasteiger partial charge in [0.1, 0.15) is 24.4 Å². The van der Waals surface area contributed by atoms with Gasteiger partial charge in [0, 0.05) is 10.5 Å². The quantitative estimate of drug-likeness (QED) is 0.251. The SMILES string of the molecule is [N-]=[N+]=NC1C(OCc2ccccc2)[C@@H]2OC(c3ccccc3)OCC2O[C@H]1OCc1ccccc1. The maximum Gasteiger partial charge on any atom is 0.184 e. The van der Waals surface area contributed by atoms with Gasteiger partial charge in [-0.2, -0.15) is 0 Å². The molecule has 180 valence electrons. The van der Waals surface area contributed by atoms with Crippen molar-refractivity contribution in [2.45, 2.75) is 50.1 Å². The fraction of sp³-hybridized carbons (Fsp3) is 0.333. The molecule has 0 aliphatic carbocycles. The van der Waals surface area contributed by atoms with Crippen molar-refractivity contribution in [2.24, 2.45) is 5.11 Å². The second-order valence-electron chi connectivity index (χ2n) is 8.47. The molecular weight excluding hydrogens is 446 g/mol. The van der Waals surface area contributed by atoms with Gasteiger partial charge in [0.15, 0.2) is 12.6 Å². The van der Waals surface area contributed by atoms with Crippen LogP contribution in [0, 0.1) is 0 Å². The van der Waals surface area contributed by atoms with E-state index in [1.807, 2.05) is 91.0 Å². The second-order valence-corrected chi connectivity index (χ2v) is 8.47. The van der Waals surface area contributed by atoms with Crippen LogP contribution in [0.5, 0.6) is 0 Å². The molecule has 6 atom stereocenters. The van der Waals surface area contributed by atoms with Gasteiger partial charge in [0.05, 0.1) is 19.8 Å². The highest BCUT2D eigenvalue weighted by molar-refractivity contribution is 5.17. The predicted molar refractivity (Wildman–Crippen MR) is 128 cm³/mol. The van der Waals surface area contributed by atoms with Crippen LogP contribution in [0.4, 0.5) is 0 Å². The molecule has 4 unspecified atom stereocenters. The van der Waals surface area contributed by atoms with Crippen molar-refractivity contribution in [3.63, 3.8) is 0 Å². The van der Waals surface area contributed by atoms with E-state index in [2.05, 4.69) is 10.0 Å². The lowest BCUT2D eigenvalue weighted by atomic mass is 9.96. The number of ether oxygens (including phenoxy) is 5. The third-order valence-corrected chi connectivity index (χ3v) is 6.11. The standard InChI is InChI=1S/C27H27N3O5/c28-30-29-23-25(31-16-19-10-4-1-5-11-19)24-22(18-33-26(35-24)21-14-8-3-9-15-21)34-27(23)32-17-20-12-6-2-7-13-20/h1-15,22-27H,16-18H2/t22?,23?,24-,25?,26?,27-/m1/s1. The van der Waals surface area contributed by atoms with E-state index in [9.17, 15) is 5.53 Å². The molecule has 0 saturated carbocycles. The first-order valence-electron chi connectivity index (χ1n) is 11.6. The zero-order valence-corrected chi connectivity index (χ0v) is 19.1. The first-order valence-corrected chi connectivity index (χ1v) is 11.6. The highest BCUT2D eigenvalue weighted by atomic mass is 16.7. The molecule has 2 saturated heterocycles. The fourth-order valence-electron chi connectivity index (χ4n) is 4.37. The van der Waals surface area contributed by atoms with Gasteiger partial charge >= 0.3 is 0 Å². The highest BCUT2D eigenvalue weighted by Gasteiger charge is 2.51. The molecule has 35 heavy (non-hydrogen) atoms. The first kappa shape index (κ1) is 23.5. The van der Waals surface area contributed by atoms with Crippen LogP contribution >= 0.6 is 0 Å². The van der Waals surface area contributed by atoms with Gasteiger partial charge in [0.25, 0.3) is 0 Å². The van der Waals surface area contributed by atoms with Gasteiger partial charge < -0.3 is 23.7 Å². The summed E-state index contributed by atoms with van der Waals surface area (Å²) in [5.74, 6) is 0. The molecule has 2 fully saturated rings. The van der Waals surface area contributed by atoms with Gasteiger partial charge in [-0.1, -0.05) is 96.1 Å². The average molecular weight is 474 g/mol. The Morgan fingerprint density at radius 1 is 0.800 bits per heavy atom. The Kier molecular flexibility index (Phi) is 7.70. The Morgan fingerprint density at radius 3 is 2.03 bits per heavy atom. The van der Waals surface area contributed by atoms with E-state index in [0.29, 0.717) is 19.8 Å². The maximum absolute atomic E-state index is 9.38. The largest absolute Gasteiger partial charge is 0.370 e. The molecule has 8 nitrogen and oxygen atoms in total. The van der Waals surface area contributed by atoms with E-state index in [0.717, 1.165) is 16.7 Å². The number of azide groups is 1. The molecule has 5 rings (SSSR count). The van der Waals surface area contributed by atoms with Crippen LogP contribution in [0.25, 0.3) is 10.4 Å². The van der Waals surface area contributed by atoms with E-state index in [-0.39, 0.29) is 0 Å². The molecular formula is C27H27N3O5. The normalized spacial score (nSPS) is 28.0. The van der Waals surface area contributed by atoms with Gasteiger partial charge in [-0.05, 0) is 16.7 Å². The van der Waals surface area contributed by atoms with E-state index < -0.39 is 36.9 Å². The zero-order chi connectivity index (χ0) is 23.9. The summed E-state index contributed by atoms with van der Waals surface area (Å²) < 4.78 is 31.0. The summed E-state index contributed by atoms with van der Waals surface area (Å²) in [6, 6.07) is 28.6. The summed E-state index contributed by atoms with van der Waals surface area (Å²) in [5, 5.41) is 4.04.